The third kappa shape index (κ3) is 15.6. The molecule has 0 fully saturated rings. The van der Waals surface area contributed by atoms with Crippen molar-refractivity contribution >= 4 is 11.6 Å². The number of nitrogens with two attached hydrogens (primary N) is 1. The van der Waals surface area contributed by atoms with Gasteiger partial charge in [-0.05, 0) is 39.0 Å². The lowest BCUT2D eigenvalue weighted by Gasteiger charge is -2.11. The fourth-order valence-electron chi connectivity index (χ4n) is 3.87. The van der Waals surface area contributed by atoms with Gasteiger partial charge < -0.3 is 0 Å². The lowest BCUT2D eigenvalue weighted by atomic mass is 9.92. The largest absolute Gasteiger partial charge is 0.290 e. The van der Waals surface area contributed by atoms with Crippen molar-refractivity contribution in [2.75, 3.05) is 7.05 Å². The third-order valence-corrected chi connectivity index (χ3v) is 5.79. The van der Waals surface area contributed by atoms with E-state index in [9.17, 15) is 9.59 Å². The Morgan fingerprint density at radius 2 is 1.00 bits per heavy atom. The molecule has 3 N–H and O–H groups in total. The van der Waals surface area contributed by atoms with Gasteiger partial charge in [0.05, 0.1) is 0 Å². The first-order valence-corrected chi connectivity index (χ1v) is 12.4. The summed E-state index contributed by atoms with van der Waals surface area (Å²) >= 11 is 0. The molecule has 0 saturated carbocycles. The quantitative estimate of drug-likeness (QED) is 0.118. The van der Waals surface area contributed by atoms with E-state index in [2.05, 4.69) is 18.2 Å². The number of ketones is 2. The summed E-state index contributed by atoms with van der Waals surface area (Å²) in [6.45, 7) is 4.06. The maximum absolute atomic E-state index is 11.8. The predicted molar refractivity (Wildman–Crippen MR) is 129 cm³/mol. The number of unbranched alkanes of at least 4 members (excludes halogenated alkanes) is 15. The third-order valence-electron chi connectivity index (χ3n) is 5.79. The van der Waals surface area contributed by atoms with E-state index >= 15 is 0 Å². The molecule has 0 amide bonds. The summed E-state index contributed by atoms with van der Waals surface area (Å²) in [6, 6.07) is 0. The molecular weight excluding hydrogens is 372 g/mol. The molecule has 0 aromatic heterocycles. The van der Waals surface area contributed by atoms with Crippen molar-refractivity contribution in [2.24, 2.45) is 5.84 Å². The molecule has 0 atom stereocenters. The second-order valence-electron chi connectivity index (χ2n) is 8.51. The van der Waals surface area contributed by atoms with Gasteiger partial charge in [-0.3, -0.25) is 20.9 Å². The number of hydrogen-bond donors (Lipinski definition) is 2. The number of carbonyl (C=O) groups is 2. The summed E-state index contributed by atoms with van der Waals surface area (Å²) in [6.07, 6.45) is 25.2. The first kappa shape index (κ1) is 28.7. The van der Waals surface area contributed by atoms with Gasteiger partial charge in [-0.25, -0.2) is 0 Å². The van der Waals surface area contributed by atoms with Crippen molar-refractivity contribution < 1.29 is 9.59 Å². The number of rotatable bonds is 17. The van der Waals surface area contributed by atoms with Crippen molar-refractivity contribution in [3.8, 4) is 0 Å². The molecule has 30 heavy (non-hydrogen) atoms. The molecule has 0 radical (unpaired) electrons. The van der Waals surface area contributed by atoms with Gasteiger partial charge >= 0.3 is 0 Å². The topological polar surface area (TPSA) is 72.2 Å². The molecule has 0 saturated heterocycles. The normalized spacial score (nSPS) is 13.6. The second-order valence-corrected chi connectivity index (χ2v) is 8.51. The molecule has 0 aliphatic heterocycles. The number of carbonyl (C=O) groups excluding carboxylic acids is 2. The average molecular weight is 421 g/mol. The van der Waals surface area contributed by atoms with E-state index in [1.807, 2.05) is 0 Å². The molecule has 1 rings (SSSR count). The predicted octanol–water partition coefficient (Wildman–Crippen LogP) is 6.74. The summed E-state index contributed by atoms with van der Waals surface area (Å²) < 4.78 is 0. The zero-order chi connectivity index (χ0) is 22.5. The molecule has 0 spiro atoms. The lowest BCUT2D eigenvalue weighted by molar-refractivity contribution is -0.115. The average Bonchev–Trinajstić information content (AvgIpc) is 2.73. The van der Waals surface area contributed by atoms with Crippen LogP contribution in [0.2, 0.25) is 0 Å². The van der Waals surface area contributed by atoms with E-state index in [-0.39, 0.29) is 11.6 Å². The van der Waals surface area contributed by atoms with Crippen molar-refractivity contribution in [1.82, 2.24) is 5.43 Å². The van der Waals surface area contributed by atoms with Crippen molar-refractivity contribution in [2.45, 2.75) is 123 Å². The van der Waals surface area contributed by atoms with Gasteiger partial charge in [-0.1, -0.05) is 103 Å². The maximum Gasteiger partial charge on any atom is 0.182 e. The Kier molecular flexibility index (Phi) is 20.1. The highest BCUT2D eigenvalue weighted by atomic mass is 16.1. The summed E-state index contributed by atoms with van der Waals surface area (Å²) in [4.78, 5) is 23.5. The summed E-state index contributed by atoms with van der Waals surface area (Å²) in [5.74, 6) is 4.63. The van der Waals surface area contributed by atoms with Crippen molar-refractivity contribution in [3.63, 3.8) is 0 Å². The number of hydrogen-bond acceptors (Lipinski definition) is 4. The van der Waals surface area contributed by atoms with Gasteiger partial charge in [0.2, 0.25) is 0 Å². The van der Waals surface area contributed by atoms with Crippen LogP contribution in [0, 0.1) is 0 Å². The minimum atomic E-state index is 0.00101. The van der Waals surface area contributed by atoms with E-state index in [1.165, 1.54) is 108 Å². The fourth-order valence-corrected chi connectivity index (χ4v) is 3.87. The van der Waals surface area contributed by atoms with E-state index in [0.717, 1.165) is 18.4 Å². The fraction of sp³-hybridized carbons (Fsp3) is 0.769. The zero-order valence-corrected chi connectivity index (χ0v) is 20.1. The van der Waals surface area contributed by atoms with Crippen LogP contribution < -0.4 is 11.3 Å². The summed E-state index contributed by atoms with van der Waals surface area (Å²) in [7, 11) is 1.65. The molecule has 1 aliphatic rings. The molecule has 0 heterocycles. The highest BCUT2D eigenvalue weighted by Crippen LogP contribution is 2.20. The minimum Gasteiger partial charge on any atom is -0.290 e. The Morgan fingerprint density at radius 3 is 1.40 bits per heavy atom. The smallest absolute Gasteiger partial charge is 0.182 e. The SMILES string of the molecule is CCCCCCCCCCCCCCCCCCC1=C(C)C(=O)C=CC1=O.CNN. The van der Waals surface area contributed by atoms with E-state index < -0.39 is 0 Å². The lowest BCUT2D eigenvalue weighted by Crippen LogP contribution is -2.13. The number of nitrogens with one attached hydrogen (secondary N) is 1. The van der Waals surface area contributed by atoms with Gasteiger partial charge in [0.25, 0.3) is 0 Å². The van der Waals surface area contributed by atoms with Gasteiger partial charge in [-0.15, -0.1) is 0 Å². The second kappa shape index (κ2) is 21.0. The van der Waals surface area contributed by atoms with Crippen LogP contribution in [0.4, 0.5) is 0 Å². The molecule has 4 heteroatoms. The highest BCUT2D eigenvalue weighted by Gasteiger charge is 2.18. The maximum atomic E-state index is 11.8. The van der Waals surface area contributed by atoms with Crippen LogP contribution in [0.15, 0.2) is 23.3 Å². The van der Waals surface area contributed by atoms with Crippen LogP contribution in [-0.4, -0.2) is 18.6 Å². The van der Waals surface area contributed by atoms with Gasteiger partial charge in [0.1, 0.15) is 0 Å². The first-order valence-electron chi connectivity index (χ1n) is 12.4. The molecule has 174 valence electrons. The van der Waals surface area contributed by atoms with E-state index in [0.29, 0.717) is 5.57 Å². The Morgan fingerprint density at radius 1 is 0.667 bits per heavy atom. The molecule has 4 nitrogen and oxygen atoms in total. The Hall–Kier alpha value is -1.26. The van der Waals surface area contributed by atoms with Crippen molar-refractivity contribution in [1.29, 1.82) is 0 Å². The molecule has 0 aromatic rings. The first-order chi connectivity index (χ1) is 14.6. The van der Waals surface area contributed by atoms with Crippen LogP contribution in [0.25, 0.3) is 0 Å². The van der Waals surface area contributed by atoms with Crippen molar-refractivity contribution in [3.05, 3.63) is 23.3 Å². The summed E-state index contributed by atoms with van der Waals surface area (Å²) in [5.41, 5.74) is 3.65. The van der Waals surface area contributed by atoms with Crippen LogP contribution >= 0.6 is 0 Å². The minimum absolute atomic E-state index is 0.00101. The number of hydrazine groups is 1. The van der Waals surface area contributed by atoms with Crippen LogP contribution in [0.1, 0.15) is 123 Å². The van der Waals surface area contributed by atoms with Crippen LogP contribution in [0.3, 0.4) is 0 Å². The monoisotopic (exact) mass is 420 g/mol. The Labute approximate surface area is 186 Å². The van der Waals surface area contributed by atoms with Crippen LogP contribution in [0.5, 0.6) is 0 Å². The highest BCUT2D eigenvalue weighted by molar-refractivity contribution is 6.19. The van der Waals surface area contributed by atoms with Gasteiger partial charge in [0, 0.05) is 11.1 Å². The van der Waals surface area contributed by atoms with E-state index in [4.69, 9.17) is 0 Å². The molecule has 0 bridgehead atoms. The number of allylic oxidation sites excluding steroid dienone is 4. The van der Waals surface area contributed by atoms with Crippen LogP contribution in [-0.2, 0) is 9.59 Å². The van der Waals surface area contributed by atoms with E-state index in [1.54, 1.807) is 14.0 Å². The van der Waals surface area contributed by atoms with Gasteiger partial charge in [0.15, 0.2) is 11.6 Å². The molecular formula is C26H48N2O2. The van der Waals surface area contributed by atoms with Gasteiger partial charge in [-0.2, -0.15) is 0 Å². The summed E-state index contributed by atoms with van der Waals surface area (Å²) in [5, 5.41) is 0. The Balaban J connectivity index is 0.00000263. The standard InChI is InChI=1S/C25H42O2.CH6N2/c1-3-4-5-6-7-8-9-10-11-12-13-14-15-16-17-18-19-23-22(2)24(26)20-21-25(23)27;1-3-2/h20-21H,3-19H2,1-2H3;3H,2H2,1H3. The molecule has 1 aliphatic carbocycles. The molecule has 0 aromatic carbocycles. The zero-order valence-electron chi connectivity index (χ0n) is 20.1. The molecule has 0 unspecified atom stereocenters. The Bertz CT molecular complexity index is 509.